The van der Waals surface area contributed by atoms with Gasteiger partial charge in [-0.15, -0.1) is 0 Å². The van der Waals surface area contributed by atoms with Crippen LogP contribution in [0.3, 0.4) is 0 Å². The van der Waals surface area contributed by atoms with Crippen molar-refractivity contribution in [1.29, 1.82) is 0 Å². The van der Waals surface area contributed by atoms with Gasteiger partial charge in [0.2, 0.25) is 0 Å². The first-order valence-electron chi connectivity index (χ1n) is 11.9. The van der Waals surface area contributed by atoms with E-state index in [9.17, 15) is 9.59 Å². The summed E-state index contributed by atoms with van der Waals surface area (Å²) in [7, 11) is 0. The zero-order valence-corrected chi connectivity index (χ0v) is 19.6. The maximum absolute atomic E-state index is 13.8. The van der Waals surface area contributed by atoms with Crippen LogP contribution in [0.15, 0.2) is 90.6 Å². The molecule has 34 heavy (non-hydrogen) atoms. The zero-order valence-electron chi connectivity index (χ0n) is 19.6. The summed E-state index contributed by atoms with van der Waals surface area (Å²) in [6, 6.07) is 27.6. The fourth-order valence-corrected chi connectivity index (χ4v) is 4.75. The summed E-state index contributed by atoms with van der Waals surface area (Å²) < 4.78 is 0. The largest absolute Gasteiger partial charge is 0.368 e. The van der Waals surface area contributed by atoms with E-state index in [1.165, 1.54) is 16.2 Å². The lowest BCUT2D eigenvalue weighted by Gasteiger charge is -2.37. The molecule has 3 aromatic carbocycles. The monoisotopic (exact) mass is 451 g/mol. The van der Waals surface area contributed by atoms with Crippen LogP contribution in [0, 0.1) is 0 Å². The Balaban J connectivity index is 1.47. The van der Waals surface area contributed by atoms with Crippen LogP contribution in [-0.2, 0) is 9.59 Å². The van der Waals surface area contributed by atoms with Gasteiger partial charge in [0.1, 0.15) is 5.70 Å². The van der Waals surface area contributed by atoms with Crippen molar-refractivity contribution < 1.29 is 9.59 Å². The average Bonchev–Trinajstić information content (AvgIpc) is 3.15. The number of benzene rings is 3. The number of hydrogen-bond donors (Lipinski definition) is 0. The van der Waals surface area contributed by atoms with Crippen LogP contribution in [0.5, 0.6) is 0 Å². The molecule has 172 valence electrons. The molecule has 2 heterocycles. The van der Waals surface area contributed by atoms with Crippen molar-refractivity contribution in [1.82, 2.24) is 4.90 Å². The normalized spacial score (nSPS) is 16.7. The van der Waals surface area contributed by atoms with Gasteiger partial charge in [-0.05, 0) is 41.3 Å². The van der Waals surface area contributed by atoms with Crippen molar-refractivity contribution in [3.05, 3.63) is 102 Å². The summed E-state index contributed by atoms with van der Waals surface area (Å²) in [6.07, 6.45) is 0. The van der Waals surface area contributed by atoms with E-state index in [0.717, 1.165) is 18.7 Å². The van der Waals surface area contributed by atoms with E-state index in [2.05, 4.69) is 35.8 Å². The van der Waals surface area contributed by atoms with Gasteiger partial charge in [0, 0.05) is 31.9 Å². The topological polar surface area (TPSA) is 43.9 Å². The van der Waals surface area contributed by atoms with Gasteiger partial charge in [-0.1, -0.05) is 74.5 Å². The van der Waals surface area contributed by atoms with Crippen LogP contribution in [0.25, 0.3) is 5.57 Å². The number of piperazine rings is 1. The lowest BCUT2D eigenvalue weighted by molar-refractivity contribution is -0.120. The van der Waals surface area contributed by atoms with Gasteiger partial charge in [-0.3, -0.25) is 9.59 Å². The summed E-state index contributed by atoms with van der Waals surface area (Å²) in [4.78, 5) is 33.2. The van der Waals surface area contributed by atoms with Crippen LogP contribution in [0.2, 0.25) is 0 Å². The third-order valence-corrected chi connectivity index (χ3v) is 6.66. The van der Waals surface area contributed by atoms with Crippen molar-refractivity contribution in [3.63, 3.8) is 0 Å². The number of imide groups is 1. The van der Waals surface area contributed by atoms with Gasteiger partial charge in [-0.25, -0.2) is 4.90 Å². The van der Waals surface area contributed by atoms with Crippen molar-refractivity contribution in [2.24, 2.45) is 0 Å². The van der Waals surface area contributed by atoms with E-state index in [0.29, 0.717) is 36.0 Å². The van der Waals surface area contributed by atoms with E-state index < -0.39 is 0 Å². The molecule has 0 N–H and O–H groups in total. The van der Waals surface area contributed by atoms with Crippen LogP contribution < -0.4 is 9.80 Å². The molecule has 0 unspecified atom stereocenters. The maximum Gasteiger partial charge on any atom is 0.282 e. The summed E-state index contributed by atoms with van der Waals surface area (Å²) in [5.74, 6) is -0.114. The fourth-order valence-electron chi connectivity index (χ4n) is 4.75. The maximum atomic E-state index is 13.8. The van der Waals surface area contributed by atoms with Crippen molar-refractivity contribution in [3.8, 4) is 0 Å². The molecule has 0 saturated carbocycles. The molecular weight excluding hydrogens is 422 g/mol. The number of amides is 2. The molecule has 1 fully saturated rings. The second-order valence-corrected chi connectivity index (χ2v) is 9.09. The Bertz CT molecular complexity index is 1210. The van der Waals surface area contributed by atoms with Gasteiger partial charge < -0.3 is 9.80 Å². The molecule has 0 spiro atoms. The Kier molecular flexibility index (Phi) is 5.93. The van der Waals surface area contributed by atoms with Crippen LogP contribution in [-0.4, -0.2) is 42.9 Å². The molecule has 0 atom stereocenters. The minimum atomic E-state index is -0.256. The Morgan fingerprint density at radius 2 is 1.18 bits per heavy atom. The first-order chi connectivity index (χ1) is 16.5. The van der Waals surface area contributed by atoms with Crippen molar-refractivity contribution >= 4 is 28.8 Å². The SMILES string of the molecule is CC(C)c1ccc(N2C(=O)C(c3ccccc3)=C(N3CCN(c4ccccc4)CC3)C2=O)cc1. The summed E-state index contributed by atoms with van der Waals surface area (Å²) in [5.41, 5.74) is 4.76. The van der Waals surface area contributed by atoms with Gasteiger partial charge in [0.15, 0.2) is 0 Å². The van der Waals surface area contributed by atoms with Gasteiger partial charge in [0.25, 0.3) is 11.8 Å². The highest BCUT2D eigenvalue weighted by atomic mass is 16.2. The number of hydrogen-bond acceptors (Lipinski definition) is 4. The molecule has 0 aliphatic carbocycles. The van der Waals surface area contributed by atoms with Gasteiger partial charge in [-0.2, -0.15) is 0 Å². The second-order valence-electron chi connectivity index (χ2n) is 9.09. The Morgan fingerprint density at radius 1 is 0.618 bits per heavy atom. The number of nitrogens with zero attached hydrogens (tertiary/aromatic N) is 3. The van der Waals surface area contributed by atoms with Gasteiger partial charge in [0.05, 0.1) is 11.3 Å². The zero-order chi connectivity index (χ0) is 23.7. The first-order valence-corrected chi connectivity index (χ1v) is 11.9. The molecule has 2 amide bonds. The highest BCUT2D eigenvalue weighted by Crippen LogP contribution is 2.35. The quantitative estimate of drug-likeness (QED) is 0.517. The molecular formula is C29H29N3O2. The fraction of sp³-hybridized carbons (Fsp3) is 0.241. The minimum absolute atomic E-state index is 0.241. The number of rotatable bonds is 5. The molecule has 5 nitrogen and oxygen atoms in total. The molecule has 0 radical (unpaired) electrons. The number of carbonyl (C=O) groups excluding carboxylic acids is 2. The Labute approximate surface area is 200 Å². The molecule has 2 aliphatic heterocycles. The van der Waals surface area contributed by atoms with Gasteiger partial charge >= 0.3 is 0 Å². The van der Waals surface area contributed by atoms with Crippen molar-refractivity contribution in [2.75, 3.05) is 36.0 Å². The third kappa shape index (κ3) is 3.98. The lowest BCUT2D eigenvalue weighted by Crippen LogP contribution is -2.47. The van der Waals surface area contributed by atoms with Crippen LogP contribution >= 0.6 is 0 Å². The molecule has 5 rings (SSSR count). The summed E-state index contributed by atoms with van der Waals surface area (Å²) in [5, 5.41) is 0. The molecule has 0 bridgehead atoms. The first kappa shape index (κ1) is 22.0. The molecule has 0 aromatic heterocycles. The molecule has 5 heteroatoms. The van der Waals surface area contributed by atoms with E-state index >= 15 is 0 Å². The number of para-hydroxylation sites is 1. The highest BCUT2D eigenvalue weighted by Gasteiger charge is 2.43. The molecule has 3 aromatic rings. The average molecular weight is 452 g/mol. The standard InChI is InChI=1S/C29H29N3O2/c1-21(2)22-13-15-25(16-14-22)32-28(33)26(23-9-5-3-6-10-23)27(29(32)34)31-19-17-30(18-20-31)24-11-7-4-8-12-24/h3-16,21H,17-20H2,1-2H3. The number of carbonyl (C=O) groups is 2. The van der Waals surface area contributed by atoms with Crippen LogP contribution in [0.1, 0.15) is 30.9 Å². The molecule has 1 saturated heterocycles. The van der Waals surface area contributed by atoms with E-state index in [1.807, 2.05) is 72.8 Å². The highest BCUT2D eigenvalue weighted by molar-refractivity contribution is 6.45. The van der Waals surface area contributed by atoms with E-state index in [-0.39, 0.29) is 11.8 Å². The Hall–Kier alpha value is -3.86. The van der Waals surface area contributed by atoms with E-state index in [1.54, 1.807) is 0 Å². The number of anilines is 2. The van der Waals surface area contributed by atoms with Crippen molar-refractivity contribution in [2.45, 2.75) is 19.8 Å². The third-order valence-electron chi connectivity index (χ3n) is 6.66. The van der Waals surface area contributed by atoms with E-state index in [4.69, 9.17) is 0 Å². The lowest BCUT2D eigenvalue weighted by atomic mass is 10.0. The Morgan fingerprint density at radius 3 is 1.76 bits per heavy atom. The smallest absolute Gasteiger partial charge is 0.282 e. The summed E-state index contributed by atoms with van der Waals surface area (Å²) in [6.45, 7) is 7.20. The van der Waals surface area contributed by atoms with Crippen LogP contribution in [0.4, 0.5) is 11.4 Å². The second kappa shape index (κ2) is 9.18. The summed E-state index contributed by atoms with van der Waals surface area (Å²) >= 11 is 0. The predicted molar refractivity (Wildman–Crippen MR) is 137 cm³/mol. The molecule has 2 aliphatic rings. The minimum Gasteiger partial charge on any atom is -0.368 e. The predicted octanol–water partition coefficient (Wildman–Crippen LogP) is 4.92.